The first-order valence-corrected chi connectivity index (χ1v) is 8.91. The lowest BCUT2D eigenvalue weighted by Gasteiger charge is -2.31. The predicted octanol–water partition coefficient (Wildman–Crippen LogP) is 2.61. The maximum Gasteiger partial charge on any atom is 0.251 e. The molecule has 0 amide bonds. The lowest BCUT2D eigenvalue weighted by atomic mass is 9.93. The zero-order chi connectivity index (χ0) is 17.8. The SMILES string of the molecule is O=c1cc(C2CCN(Cc3ccncc3)CC2)nc(-c2ccncc2)[nH]1. The highest BCUT2D eigenvalue weighted by Gasteiger charge is 2.22. The minimum Gasteiger partial charge on any atom is -0.307 e. The molecule has 3 aromatic heterocycles. The second-order valence-electron chi connectivity index (χ2n) is 6.66. The van der Waals surface area contributed by atoms with Crippen molar-refractivity contribution in [3.8, 4) is 11.4 Å². The van der Waals surface area contributed by atoms with Gasteiger partial charge < -0.3 is 4.98 Å². The summed E-state index contributed by atoms with van der Waals surface area (Å²) in [6, 6.07) is 9.49. The molecule has 0 saturated carbocycles. The lowest BCUT2D eigenvalue weighted by molar-refractivity contribution is 0.203. The lowest BCUT2D eigenvalue weighted by Crippen LogP contribution is -2.33. The van der Waals surface area contributed by atoms with Gasteiger partial charge in [0.15, 0.2) is 0 Å². The molecular formula is C20H21N5O. The maximum atomic E-state index is 12.1. The summed E-state index contributed by atoms with van der Waals surface area (Å²) in [5, 5.41) is 0. The van der Waals surface area contributed by atoms with Crippen molar-refractivity contribution >= 4 is 0 Å². The number of nitrogens with zero attached hydrogens (tertiary/aromatic N) is 4. The Hall–Kier alpha value is -2.86. The van der Waals surface area contributed by atoms with Gasteiger partial charge >= 0.3 is 0 Å². The van der Waals surface area contributed by atoms with Crippen molar-refractivity contribution in [2.75, 3.05) is 13.1 Å². The molecule has 4 rings (SSSR count). The number of likely N-dealkylation sites (tertiary alicyclic amines) is 1. The average Bonchev–Trinajstić information content (AvgIpc) is 2.70. The van der Waals surface area contributed by atoms with Gasteiger partial charge in [0.05, 0.1) is 5.69 Å². The van der Waals surface area contributed by atoms with Gasteiger partial charge in [0, 0.05) is 48.9 Å². The third-order valence-electron chi connectivity index (χ3n) is 4.88. The number of nitrogens with one attached hydrogen (secondary N) is 1. The molecule has 0 atom stereocenters. The Morgan fingerprint density at radius 2 is 1.65 bits per heavy atom. The van der Waals surface area contributed by atoms with Crippen LogP contribution in [0.1, 0.15) is 30.0 Å². The van der Waals surface area contributed by atoms with E-state index >= 15 is 0 Å². The van der Waals surface area contributed by atoms with Crippen LogP contribution in [0.4, 0.5) is 0 Å². The number of pyridine rings is 2. The molecular weight excluding hydrogens is 326 g/mol. The smallest absolute Gasteiger partial charge is 0.251 e. The van der Waals surface area contributed by atoms with Crippen LogP contribution in [0.5, 0.6) is 0 Å². The molecule has 1 aliphatic heterocycles. The van der Waals surface area contributed by atoms with E-state index in [1.807, 2.05) is 24.5 Å². The number of hydrogen-bond donors (Lipinski definition) is 1. The van der Waals surface area contributed by atoms with E-state index in [4.69, 9.17) is 4.98 Å². The Balaban J connectivity index is 1.46. The minimum atomic E-state index is -0.0963. The second kappa shape index (κ2) is 7.58. The maximum absolute atomic E-state index is 12.1. The first-order valence-electron chi connectivity index (χ1n) is 8.91. The number of piperidine rings is 1. The van der Waals surface area contributed by atoms with E-state index in [0.717, 1.165) is 43.7 Å². The normalized spacial score (nSPS) is 15.8. The summed E-state index contributed by atoms with van der Waals surface area (Å²) in [7, 11) is 0. The van der Waals surface area contributed by atoms with Gasteiger partial charge in [0.2, 0.25) is 0 Å². The fourth-order valence-corrected chi connectivity index (χ4v) is 3.47. The van der Waals surface area contributed by atoms with E-state index in [9.17, 15) is 4.79 Å². The first kappa shape index (κ1) is 16.6. The molecule has 0 aliphatic carbocycles. The van der Waals surface area contributed by atoms with E-state index in [1.54, 1.807) is 18.5 Å². The Bertz CT molecular complexity index is 902. The van der Waals surface area contributed by atoms with E-state index < -0.39 is 0 Å². The molecule has 1 N–H and O–H groups in total. The summed E-state index contributed by atoms with van der Waals surface area (Å²) in [6.07, 6.45) is 9.11. The molecule has 0 unspecified atom stereocenters. The molecule has 0 spiro atoms. The molecule has 132 valence electrons. The van der Waals surface area contributed by atoms with Gasteiger partial charge in [-0.15, -0.1) is 0 Å². The summed E-state index contributed by atoms with van der Waals surface area (Å²) >= 11 is 0. The van der Waals surface area contributed by atoms with Gasteiger partial charge in [0.1, 0.15) is 5.82 Å². The Labute approximate surface area is 152 Å². The van der Waals surface area contributed by atoms with Crippen molar-refractivity contribution in [3.05, 3.63) is 76.7 Å². The Kier molecular flexibility index (Phi) is 4.84. The van der Waals surface area contributed by atoms with Crippen LogP contribution in [0, 0.1) is 0 Å². The molecule has 1 aliphatic rings. The zero-order valence-corrected chi connectivity index (χ0v) is 14.5. The van der Waals surface area contributed by atoms with Gasteiger partial charge in [-0.3, -0.25) is 19.7 Å². The number of aromatic nitrogens is 4. The number of H-pyrrole nitrogens is 1. The van der Waals surface area contributed by atoms with Crippen LogP contribution in [-0.2, 0) is 6.54 Å². The number of aromatic amines is 1. The van der Waals surface area contributed by atoms with Crippen molar-refractivity contribution in [2.24, 2.45) is 0 Å². The molecule has 26 heavy (non-hydrogen) atoms. The monoisotopic (exact) mass is 347 g/mol. The molecule has 4 heterocycles. The quantitative estimate of drug-likeness (QED) is 0.785. The van der Waals surface area contributed by atoms with Gasteiger partial charge in [-0.05, 0) is 55.8 Å². The molecule has 1 fully saturated rings. The average molecular weight is 347 g/mol. The molecule has 1 saturated heterocycles. The molecule has 0 bridgehead atoms. The van der Waals surface area contributed by atoms with Crippen molar-refractivity contribution in [2.45, 2.75) is 25.3 Å². The molecule has 0 aromatic carbocycles. The first-order chi connectivity index (χ1) is 12.8. The second-order valence-corrected chi connectivity index (χ2v) is 6.66. The van der Waals surface area contributed by atoms with E-state index in [-0.39, 0.29) is 5.56 Å². The van der Waals surface area contributed by atoms with Crippen LogP contribution in [0.15, 0.2) is 59.9 Å². The molecule has 3 aromatic rings. The summed E-state index contributed by atoms with van der Waals surface area (Å²) < 4.78 is 0. The van der Waals surface area contributed by atoms with E-state index in [2.05, 4.69) is 32.0 Å². The molecule has 6 heteroatoms. The number of rotatable bonds is 4. The summed E-state index contributed by atoms with van der Waals surface area (Å²) in [6.45, 7) is 2.96. The number of hydrogen-bond acceptors (Lipinski definition) is 5. The van der Waals surface area contributed by atoms with E-state index in [0.29, 0.717) is 11.7 Å². The van der Waals surface area contributed by atoms with Gasteiger partial charge in [-0.25, -0.2) is 4.98 Å². The van der Waals surface area contributed by atoms with Gasteiger partial charge in [-0.2, -0.15) is 0 Å². The summed E-state index contributed by atoms with van der Waals surface area (Å²) in [4.78, 5) is 30.2. The van der Waals surface area contributed by atoms with Crippen molar-refractivity contribution < 1.29 is 0 Å². The van der Waals surface area contributed by atoms with Gasteiger partial charge in [0.25, 0.3) is 5.56 Å². The highest BCUT2D eigenvalue weighted by molar-refractivity contribution is 5.53. The Morgan fingerprint density at radius 1 is 1.00 bits per heavy atom. The molecule has 0 radical (unpaired) electrons. The highest BCUT2D eigenvalue weighted by Crippen LogP contribution is 2.27. The Morgan fingerprint density at radius 3 is 2.35 bits per heavy atom. The van der Waals surface area contributed by atoms with Crippen LogP contribution < -0.4 is 5.56 Å². The molecule has 6 nitrogen and oxygen atoms in total. The van der Waals surface area contributed by atoms with Gasteiger partial charge in [-0.1, -0.05) is 0 Å². The highest BCUT2D eigenvalue weighted by atomic mass is 16.1. The summed E-state index contributed by atoms with van der Waals surface area (Å²) in [5.41, 5.74) is 2.96. The van der Waals surface area contributed by atoms with E-state index in [1.165, 1.54) is 5.56 Å². The fraction of sp³-hybridized carbons (Fsp3) is 0.300. The van der Waals surface area contributed by atoms with Crippen molar-refractivity contribution in [3.63, 3.8) is 0 Å². The standard InChI is InChI=1S/C20H21N5O/c26-19-13-18(23-20(24-19)17-3-9-22-10-4-17)16-5-11-25(12-6-16)14-15-1-7-21-8-2-15/h1-4,7-10,13,16H,5-6,11-12,14H2,(H,23,24,26). The van der Waals surface area contributed by atoms with Crippen LogP contribution in [0.2, 0.25) is 0 Å². The van der Waals surface area contributed by atoms with Crippen LogP contribution in [0.3, 0.4) is 0 Å². The summed E-state index contributed by atoms with van der Waals surface area (Å²) in [5.74, 6) is 0.945. The largest absolute Gasteiger partial charge is 0.307 e. The fourth-order valence-electron chi connectivity index (χ4n) is 3.47. The third-order valence-corrected chi connectivity index (χ3v) is 4.88. The van der Waals surface area contributed by atoms with Crippen molar-refractivity contribution in [1.82, 2.24) is 24.8 Å². The van der Waals surface area contributed by atoms with Crippen LogP contribution in [-0.4, -0.2) is 37.9 Å². The zero-order valence-electron chi connectivity index (χ0n) is 14.5. The minimum absolute atomic E-state index is 0.0963. The third kappa shape index (κ3) is 3.86. The predicted molar refractivity (Wildman–Crippen MR) is 99.6 cm³/mol. The van der Waals surface area contributed by atoms with Crippen LogP contribution >= 0.6 is 0 Å². The van der Waals surface area contributed by atoms with Crippen molar-refractivity contribution in [1.29, 1.82) is 0 Å². The van der Waals surface area contributed by atoms with Crippen LogP contribution in [0.25, 0.3) is 11.4 Å². The topological polar surface area (TPSA) is 74.8 Å².